The summed E-state index contributed by atoms with van der Waals surface area (Å²) >= 11 is 12.3. The summed E-state index contributed by atoms with van der Waals surface area (Å²) in [5.41, 5.74) is 6.82. The van der Waals surface area contributed by atoms with Gasteiger partial charge in [0.15, 0.2) is 0 Å². The molecule has 7 heteroatoms. The van der Waals surface area contributed by atoms with Crippen molar-refractivity contribution in [3.63, 3.8) is 0 Å². The number of carbonyl (C=O) groups excluding carboxylic acids is 2. The van der Waals surface area contributed by atoms with Crippen molar-refractivity contribution in [1.82, 2.24) is 5.32 Å². The lowest BCUT2D eigenvalue weighted by atomic mass is 9.64. The highest BCUT2D eigenvalue weighted by molar-refractivity contribution is 6.30. The van der Waals surface area contributed by atoms with E-state index < -0.39 is 17.4 Å². The zero-order chi connectivity index (χ0) is 24.2. The van der Waals surface area contributed by atoms with Gasteiger partial charge in [-0.3, -0.25) is 9.59 Å². The maximum atomic E-state index is 13.0. The molecular formula is C26H32Cl2N2O3. The third kappa shape index (κ3) is 6.36. The Morgan fingerprint density at radius 2 is 1.88 bits per heavy atom. The summed E-state index contributed by atoms with van der Waals surface area (Å²) in [5, 5.41) is 15.0. The van der Waals surface area contributed by atoms with E-state index in [1.807, 2.05) is 55.5 Å². The van der Waals surface area contributed by atoms with E-state index >= 15 is 0 Å². The number of nitrogens with two attached hydrogens (primary N) is 1. The van der Waals surface area contributed by atoms with Gasteiger partial charge in [-0.05, 0) is 80.5 Å². The number of primary amides is 1. The lowest BCUT2D eigenvalue weighted by molar-refractivity contribution is -0.128. The number of piperidine rings is 1. The number of ketones is 1. The number of Topliss-reactive ketones (excluding diaryl/α,β-unsaturated/α-hetero) is 1. The van der Waals surface area contributed by atoms with Crippen LogP contribution < -0.4 is 11.1 Å². The van der Waals surface area contributed by atoms with Gasteiger partial charge in [-0.1, -0.05) is 54.4 Å². The molecule has 5 nitrogen and oxygen atoms in total. The molecule has 1 heterocycles. The molecule has 1 aliphatic rings. The van der Waals surface area contributed by atoms with Crippen LogP contribution in [0.15, 0.2) is 48.5 Å². The smallest absolute Gasteiger partial charge is 0.246 e. The van der Waals surface area contributed by atoms with E-state index in [1.54, 1.807) is 6.92 Å². The molecule has 0 spiro atoms. The molecule has 1 saturated heterocycles. The van der Waals surface area contributed by atoms with Crippen molar-refractivity contribution in [2.45, 2.75) is 57.6 Å². The molecule has 3 rings (SSSR count). The van der Waals surface area contributed by atoms with Crippen LogP contribution in [0.5, 0.6) is 0 Å². The van der Waals surface area contributed by atoms with E-state index in [-0.39, 0.29) is 30.1 Å². The van der Waals surface area contributed by atoms with Crippen LogP contribution in [-0.2, 0) is 16.0 Å². The molecule has 2 aromatic carbocycles. The van der Waals surface area contributed by atoms with E-state index in [9.17, 15) is 14.7 Å². The number of carbonyl (C=O) groups is 2. The Hall–Kier alpha value is -1.92. The average molecular weight is 491 g/mol. The van der Waals surface area contributed by atoms with Gasteiger partial charge in [0.05, 0.1) is 0 Å². The highest BCUT2D eigenvalue weighted by Crippen LogP contribution is 2.43. The van der Waals surface area contributed by atoms with E-state index in [4.69, 9.17) is 28.9 Å². The van der Waals surface area contributed by atoms with Gasteiger partial charge in [-0.25, -0.2) is 0 Å². The number of aliphatic hydroxyl groups is 1. The Bertz CT molecular complexity index is 982. The second kappa shape index (κ2) is 11.0. The Morgan fingerprint density at radius 3 is 2.48 bits per heavy atom. The number of aryl methyl sites for hydroxylation is 1. The van der Waals surface area contributed by atoms with Gasteiger partial charge in [0.2, 0.25) is 5.91 Å². The van der Waals surface area contributed by atoms with Gasteiger partial charge in [0.1, 0.15) is 11.9 Å². The van der Waals surface area contributed by atoms with Gasteiger partial charge in [0.25, 0.3) is 0 Å². The van der Waals surface area contributed by atoms with Crippen molar-refractivity contribution in [3.8, 4) is 0 Å². The van der Waals surface area contributed by atoms with Crippen LogP contribution in [0.3, 0.4) is 0 Å². The first-order chi connectivity index (χ1) is 15.6. The second-order valence-electron chi connectivity index (χ2n) is 9.40. The molecule has 1 unspecified atom stereocenters. The Labute approximate surface area is 205 Å². The van der Waals surface area contributed by atoms with E-state index in [0.717, 1.165) is 17.5 Å². The van der Waals surface area contributed by atoms with Gasteiger partial charge in [-0.2, -0.15) is 0 Å². The van der Waals surface area contributed by atoms with Crippen molar-refractivity contribution in [1.29, 1.82) is 0 Å². The van der Waals surface area contributed by atoms with Gasteiger partial charge in [0, 0.05) is 27.4 Å². The predicted molar refractivity (Wildman–Crippen MR) is 132 cm³/mol. The summed E-state index contributed by atoms with van der Waals surface area (Å²) in [6, 6.07) is 15.3. The first-order valence-electron chi connectivity index (χ1n) is 11.3. The topological polar surface area (TPSA) is 92.4 Å². The molecular weight excluding hydrogens is 459 g/mol. The average Bonchev–Trinajstić information content (AvgIpc) is 2.78. The zero-order valence-electron chi connectivity index (χ0n) is 19.1. The minimum atomic E-state index is -1.18. The molecule has 2 aromatic rings. The SMILES string of the molecule is CC(=O)C(C)(CCc1ccc(Cl)cc1)[C@H]1NC[C@@H](C[C@H](O)C(N)=O)C[C@@H]1c1cccc(Cl)c1. The van der Waals surface area contributed by atoms with Crippen molar-refractivity contribution in [2.75, 3.05) is 6.54 Å². The summed E-state index contributed by atoms with van der Waals surface area (Å²) in [7, 11) is 0. The van der Waals surface area contributed by atoms with Crippen molar-refractivity contribution in [3.05, 3.63) is 69.7 Å². The zero-order valence-corrected chi connectivity index (χ0v) is 20.6. The number of hydrogen-bond donors (Lipinski definition) is 3. The minimum absolute atomic E-state index is 0.0124. The first-order valence-corrected chi connectivity index (χ1v) is 12.1. The molecule has 0 bridgehead atoms. The molecule has 1 aliphatic heterocycles. The maximum absolute atomic E-state index is 13.0. The third-order valence-corrected chi connectivity index (χ3v) is 7.60. The molecule has 0 saturated carbocycles. The van der Waals surface area contributed by atoms with Crippen molar-refractivity contribution >= 4 is 34.9 Å². The number of rotatable bonds is 9. The molecule has 33 heavy (non-hydrogen) atoms. The fourth-order valence-corrected chi connectivity index (χ4v) is 5.29. The number of nitrogens with one attached hydrogen (secondary N) is 1. The Morgan fingerprint density at radius 1 is 1.18 bits per heavy atom. The minimum Gasteiger partial charge on any atom is -0.383 e. The molecule has 4 N–H and O–H groups in total. The van der Waals surface area contributed by atoms with Gasteiger partial charge in [-0.15, -0.1) is 0 Å². The Kier molecular flexibility index (Phi) is 8.57. The normalized spacial score (nSPS) is 23.5. The van der Waals surface area contributed by atoms with Crippen LogP contribution in [0.2, 0.25) is 10.0 Å². The van der Waals surface area contributed by atoms with E-state index in [2.05, 4.69) is 5.32 Å². The fourth-order valence-electron chi connectivity index (χ4n) is 4.97. The summed E-state index contributed by atoms with van der Waals surface area (Å²) in [5.74, 6) is -0.563. The van der Waals surface area contributed by atoms with Gasteiger partial charge < -0.3 is 16.2 Å². The van der Waals surface area contributed by atoms with E-state index in [1.165, 1.54) is 0 Å². The molecule has 178 valence electrons. The van der Waals surface area contributed by atoms with Crippen LogP contribution in [0, 0.1) is 11.3 Å². The highest BCUT2D eigenvalue weighted by Gasteiger charge is 2.46. The van der Waals surface area contributed by atoms with Crippen LogP contribution in [0.4, 0.5) is 0 Å². The predicted octanol–water partition coefficient (Wildman–Crippen LogP) is 4.52. The molecule has 0 aromatic heterocycles. The quantitative estimate of drug-likeness (QED) is 0.481. The fraction of sp³-hybridized carbons (Fsp3) is 0.462. The second-order valence-corrected chi connectivity index (χ2v) is 10.3. The van der Waals surface area contributed by atoms with Crippen LogP contribution in [0.1, 0.15) is 50.2 Å². The molecule has 0 radical (unpaired) electrons. The van der Waals surface area contributed by atoms with Crippen LogP contribution >= 0.6 is 23.2 Å². The number of amides is 1. The summed E-state index contributed by atoms with van der Waals surface area (Å²) in [6.45, 7) is 4.27. The highest BCUT2D eigenvalue weighted by atomic mass is 35.5. The van der Waals surface area contributed by atoms with E-state index in [0.29, 0.717) is 29.4 Å². The summed E-state index contributed by atoms with van der Waals surface area (Å²) in [4.78, 5) is 24.4. The molecule has 1 fully saturated rings. The lowest BCUT2D eigenvalue weighted by Gasteiger charge is -2.46. The molecule has 5 atom stereocenters. The number of benzene rings is 2. The first kappa shape index (κ1) is 25.7. The van der Waals surface area contributed by atoms with Crippen LogP contribution in [-0.4, -0.2) is 35.5 Å². The number of halogens is 2. The summed E-state index contributed by atoms with van der Waals surface area (Å²) in [6.07, 6.45) is 1.24. The summed E-state index contributed by atoms with van der Waals surface area (Å²) < 4.78 is 0. The van der Waals surface area contributed by atoms with Crippen molar-refractivity contribution in [2.24, 2.45) is 17.1 Å². The maximum Gasteiger partial charge on any atom is 0.246 e. The third-order valence-electron chi connectivity index (χ3n) is 7.11. The lowest BCUT2D eigenvalue weighted by Crippen LogP contribution is -2.56. The van der Waals surface area contributed by atoms with Crippen LogP contribution in [0.25, 0.3) is 0 Å². The number of aliphatic hydroxyl groups excluding tert-OH is 1. The Balaban J connectivity index is 1.89. The van der Waals surface area contributed by atoms with Crippen molar-refractivity contribution < 1.29 is 14.7 Å². The molecule has 1 amide bonds. The largest absolute Gasteiger partial charge is 0.383 e. The molecule has 0 aliphatic carbocycles. The standard InChI is InChI=1S/C26H32Cl2N2O3/c1-16(31)26(2,11-10-17-6-8-20(27)9-7-17)24-22(19-4-3-5-21(28)14-19)12-18(15-30-24)13-23(32)25(29)33/h3-9,14,18,22-24,30,32H,10-13,15H2,1-2H3,(H2,29,33)/t18-,22-,23+,24+,26?/m1/s1. The number of hydrogen-bond acceptors (Lipinski definition) is 4. The monoisotopic (exact) mass is 490 g/mol. The van der Waals surface area contributed by atoms with Gasteiger partial charge >= 0.3 is 0 Å².